The first-order valence-corrected chi connectivity index (χ1v) is 9.58. The fourth-order valence-electron chi connectivity index (χ4n) is 3.66. The van der Waals surface area contributed by atoms with E-state index in [-0.39, 0.29) is 0 Å². The Morgan fingerprint density at radius 2 is 1.62 bits per heavy atom. The molecule has 0 bridgehead atoms. The summed E-state index contributed by atoms with van der Waals surface area (Å²) in [5.74, 6) is 0. The standard InChI is InChI=1S/C17H27N3S/c1-21-17-4-2-14(3-5-17)19-15-8-12-20(13-9-15)16-6-10-18-11-7-16/h6-7,10-11,14-15,17,19H,2-5,8-9,12-13H2,1H3. The van der Waals surface area contributed by atoms with Gasteiger partial charge in [0, 0.05) is 48.5 Å². The molecule has 1 N–H and O–H groups in total. The van der Waals surface area contributed by atoms with Crippen LogP contribution in [0.1, 0.15) is 38.5 Å². The Morgan fingerprint density at radius 3 is 2.24 bits per heavy atom. The third kappa shape index (κ3) is 4.13. The Hall–Kier alpha value is -0.740. The molecule has 0 amide bonds. The topological polar surface area (TPSA) is 28.2 Å². The van der Waals surface area contributed by atoms with Gasteiger partial charge in [0.15, 0.2) is 0 Å². The highest BCUT2D eigenvalue weighted by Gasteiger charge is 2.25. The van der Waals surface area contributed by atoms with Crippen molar-refractivity contribution < 1.29 is 0 Å². The normalized spacial score (nSPS) is 27.8. The molecule has 2 heterocycles. The lowest BCUT2D eigenvalue weighted by Gasteiger charge is -2.37. The molecule has 1 aromatic heterocycles. The number of aromatic nitrogens is 1. The van der Waals surface area contributed by atoms with Crippen LogP contribution < -0.4 is 10.2 Å². The van der Waals surface area contributed by atoms with Crippen LogP contribution in [0.15, 0.2) is 24.5 Å². The second-order valence-electron chi connectivity index (χ2n) is 6.34. The lowest BCUT2D eigenvalue weighted by Crippen LogP contribution is -2.47. The molecule has 0 unspecified atom stereocenters. The van der Waals surface area contributed by atoms with Gasteiger partial charge in [-0.05, 0) is 56.9 Å². The molecule has 0 atom stereocenters. The largest absolute Gasteiger partial charge is 0.371 e. The highest BCUT2D eigenvalue weighted by atomic mass is 32.2. The molecule has 1 aliphatic carbocycles. The summed E-state index contributed by atoms with van der Waals surface area (Å²) in [5, 5.41) is 4.84. The molecule has 0 aromatic carbocycles. The first kappa shape index (κ1) is 15.2. The van der Waals surface area contributed by atoms with Gasteiger partial charge in [0.2, 0.25) is 0 Å². The van der Waals surface area contributed by atoms with Crippen molar-refractivity contribution in [1.29, 1.82) is 0 Å². The van der Waals surface area contributed by atoms with Gasteiger partial charge in [0.1, 0.15) is 0 Å². The zero-order valence-corrected chi connectivity index (χ0v) is 13.8. The van der Waals surface area contributed by atoms with Gasteiger partial charge in [-0.25, -0.2) is 0 Å². The summed E-state index contributed by atoms with van der Waals surface area (Å²) in [5.41, 5.74) is 1.32. The molecule has 1 saturated heterocycles. The first-order chi connectivity index (χ1) is 10.3. The van der Waals surface area contributed by atoms with Gasteiger partial charge in [-0.15, -0.1) is 0 Å². The Balaban J connectivity index is 1.42. The van der Waals surface area contributed by atoms with Crippen molar-refractivity contribution in [2.24, 2.45) is 0 Å². The molecular weight excluding hydrogens is 278 g/mol. The maximum atomic E-state index is 4.10. The average molecular weight is 305 g/mol. The number of rotatable bonds is 4. The predicted molar refractivity (Wildman–Crippen MR) is 92.2 cm³/mol. The van der Waals surface area contributed by atoms with E-state index in [9.17, 15) is 0 Å². The zero-order chi connectivity index (χ0) is 14.5. The number of nitrogens with zero attached hydrogens (tertiary/aromatic N) is 2. The number of pyridine rings is 1. The number of hydrogen-bond donors (Lipinski definition) is 1. The summed E-state index contributed by atoms with van der Waals surface area (Å²) in [6.45, 7) is 2.34. The lowest BCUT2D eigenvalue weighted by molar-refractivity contribution is 0.311. The van der Waals surface area contributed by atoms with Crippen LogP contribution in [0.25, 0.3) is 0 Å². The fraction of sp³-hybridized carbons (Fsp3) is 0.706. The van der Waals surface area contributed by atoms with E-state index in [0.717, 1.165) is 17.3 Å². The van der Waals surface area contributed by atoms with E-state index in [2.05, 4.69) is 45.4 Å². The van der Waals surface area contributed by atoms with Crippen LogP contribution in [0, 0.1) is 0 Å². The van der Waals surface area contributed by atoms with E-state index in [4.69, 9.17) is 0 Å². The molecule has 3 rings (SSSR count). The van der Waals surface area contributed by atoms with Crippen molar-refractivity contribution >= 4 is 17.4 Å². The van der Waals surface area contributed by atoms with Crippen molar-refractivity contribution in [2.45, 2.75) is 55.9 Å². The second kappa shape index (κ2) is 7.50. The molecular formula is C17H27N3S. The monoisotopic (exact) mass is 305 g/mol. The van der Waals surface area contributed by atoms with Crippen LogP contribution in [0.2, 0.25) is 0 Å². The minimum atomic E-state index is 0.721. The highest BCUT2D eigenvalue weighted by molar-refractivity contribution is 7.99. The fourth-order valence-corrected chi connectivity index (χ4v) is 4.40. The van der Waals surface area contributed by atoms with E-state index in [0.29, 0.717) is 0 Å². The minimum absolute atomic E-state index is 0.721. The van der Waals surface area contributed by atoms with E-state index in [1.54, 1.807) is 0 Å². The van der Waals surface area contributed by atoms with E-state index in [1.165, 1.54) is 57.3 Å². The van der Waals surface area contributed by atoms with Crippen molar-refractivity contribution in [3.63, 3.8) is 0 Å². The maximum absolute atomic E-state index is 4.10. The summed E-state index contributed by atoms with van der Waals surface area (Å²) in [7, 11) is 0. The van der Waals surface area contributed by atoms with Gasteiger partial charge in [0.05, 0.1) is 0 Å². The van der Waals surface area contributed by atoms with Crippen LogP contribution in [0.5, 0.6) is 0 Å². The van der Waals surface area contributed by atoms with Gasteiger partial charge >= 0.3 is 0 Å². The van der Waals surface area contributed by atoms with Crippen molar-refractivity contribution in [2.75, 3.05) is 24.2 Å². The molecule has 3 nitrogen and oxygen atoms in total. The van der Waals surface area contributed by atoms with Gasteiger partial charge in [-0.3, -0.25) is 4.98 Å². The Bertz CT molecular complexity index is 409. The van der Waals surface area contributed by atoms with Crippen LogP contribution in [-0.4, -0.2) is 41.7 Å². The minimum Gasteiger partial charge on any atom is -0.371 e. The van der Waals surface area contributed by atoms with E-state index in [1.807, 2.05) is 12.4 Å². The lowest BCUT2D eigenvalue weighted by atomic mass is 9.93. The molecule has 21 heavy (non-hydrogen) atoms. The van der Waals surface area contributed by atoms with Gasteiger partial charge in [-0.1, -0.05) is 0 Å². The number of piperidine rings is 1. The van der Waals surface area contributed by atoms with E-state index < -0.39 is 0 Å². The third-order valence-electron chi connectivity index (χ3n) is 5.00. The number of thioether (sulfide) groups is 1. The number of nitrogens with one attached hydrogen (secondary N) is 1. The molecule has 4 heteroatoms. The molecule has 0 radical (unpaired) electrons. The number of anilines is 1. The number of hydrogen-bond acceptors (Lipinski definition) is 4. The third-order valence-corrected chi connectivity index (χ3v) is 6.14. The van der Waals surface area contributed by atoms with Crippen molar-refractivity contribution in [3.8, 4) is 0 Å². The maximum Gasteiger partial charge on any atom is 0.0397 e. The zero-order valence-electron chi connectivity index (χ0n) is 13.0. The average Bonchev–Trinajstić information content (AvgIpc) is 2.57. The highest BCUT2D eigenvalue weighted by Crippen LogP contribution is 2.28. The summed E-state index contributed by atoms with van der Waals surface area (Å²) < 4.78 is 0. The Morgan fingerprint density at radius 1 is 1.00 bits per heavy atom. The smallest absolute Gasteiger partial charge is 0.0397 e. The van der Waals surface area contributed by atoms with Crippen molar-refractivity contribution in [3.05, 3.63) is 24.5 Å². The Kier molecular flexibility index (Phi) is 5.42. The SMILES string of the molecule is CSC1CCC(NC2CCN(c3ccncc3)CC2)CC1. The first-order valence-electron chi connectivity index (χ1n) is 8.29. The van der Waals surface area contributed by atoms with Crippen LogP contribution in [0.4, 0.5) is 5.69 Å². The Labute approximate surface area is 132 Å². The molecule has 0 spiro atoms. The van der Waals surface area contributed by atoms with Gasteiger partial charge in [-0.2, -0.15) is 11.8 Å². The molecule has 2 fully saturated rings. The molecule has 1 aromatic rings. The summed E-state index contributed by atoms with van der Waals surface area (Å²) in [6, 6.07) is 5.74. The summed E-state index contributed by atoms with van der Waals surface area (Å²) >= 11 is 2.05. The molecule has 1 saturated carbocycles. The van der Waals surface area contributed by atoms with Gasteiger partial charge in [0.25, 0.3) is 0 Å². The summed E-state index contributed by atoms with van der Waals surface area (Å²) in [6.07, 6.45) is 14.1. The van der Waals surface area contributed by atoms with Crippen LogP contribution in [0.3, 0.4) is 0 Å². The molecule has 116 valence electrons. The van der Waals surface area contributed by atoms with Gasteiger partial charge < -0.3 is 10.2 Å². The predicted octanol–water partition coefficient (Wildman–Crippen LogP) is 3.31. The quantitative estimate of drug-likeness (QED) is 0.924. The molecule has 1 aliphatic heterocycles. The van der Waals surface area contributed by atoms with Crippen LogP contribution >= 0.6 is 11.8 Å². The van der Waals surface area contributed by atoms with Crippen molar-refractivity contribution in [1.82, 2.24) is 10.3 Å². The second-order valence-corrected chi connectivity index (χ2v) is 7.48. The van der Waals surface area contributed by atoms with Crippen LogP contribution in [-0.2, 0) is 0 Å². The van der Waals surface area contributed by atoms with E-state index >= 15 is 0 Å². The molecule has 2 aliphatic rings. The summed E-state index contributed by atoms with van der Waals surface area (Å²) in [4.78, 5) is 6.60.